The molecule has 0 radical (unpaired) electrons. The summed E-state index contributed by atoms with van der Waals surface area (Å²) in [6.45, 7) is 0.267. The van der Waals surface area contributed by atoms with Gasteiger partial charge in [0, 0.05) is 23.0 Å². The summed E-state index contributed by atoms with van der Waals surface area (Å²) in [7, 11) is 0. The van der Waals surface area contributed by atoms with E-state index in [1.807, 2.05) is 0 Å². The average Bonchev–Trinajstić information content (AvgIpc) is 2.36. The molecule has 0 atom stereocenters. The zero-order valence-electron chi connectivity index (χ0n) is 11.0. The summed E-state index contributed by atoms with van der Waals surface area (Å²) in [5, 5.41) is 2.50. The van der Waals surface area contributed by atoms with Crippen LogP contribution in [0, 0.1) is 0 Å². The Bertz CT molecular complexity index is 533. The minimum Gasteiger partial charge on any atom is -0.370 e. The lowest BCUT2D eigenvalue weighted by molar-refractivity contribution is -0.138. The van der Waals surface area contributed by atoms with Gasteiger partial charge < -0.3 is 11.1 Å². The molecule has 2 amide bonds. The van der Waals surface area contributed by atoms with E-state index in [0.29, 0.717) is 12.8 Å². The van der Waals surface area contributed by atoms with Crippen LogP contribution in [0.5, 0.6) is 0 Å². The van der Waals surface area contributed by atoms with Gasteiger partial charge in [0.1, 0.15) is 0 Å². The summed E-state index contributed by atoms with van der Waals surface area (Å²) in [6.07, 6.45) is -3.27. The first-order chi connectivity index (χ1) is 9.71. The van der Waals surface area contributed by atoms with Crippen LogP contribution in [0.3, 0.4) is 0 Å². The number of carbonyl (C=O) groups excluding carboxylic acids is 2. The molecule has 0 aromatic heterocycles. The van der Waals surface area contributed by atoms with Gasteiger partial charge >= 0.3 is 6.18 Å². The Labute approximate surface area is 128 Å². The zero-order valence-corrected chi connectivity index (χ0v) is 12.6. The van der Waals surface area contributed by atoms with Crippen molar-refractivity contribution in [2.45, 2.75) is 25.4 Å². The van der Waals surface area contributed by atoms with E-state index in [4.69, 9.17) is 5.73 Å². The Morgan fingerprint density at radius 1 is 1.24 bits per heavy atom. The first-order valence-corrected chi connectivity index (χ1v) is 6.94. The van der Waals surface area contributed by atoms with Crippen LogP contribution < -0.4 is 11.1 Å². The van der Waals surface area contributed by atoms with Crippen LogP contribution in [-0.4, -0.2) is 18.4 Å². The maximum atomic E-state index is 12.7. The van der Waals surface area contributed by atoms with Crippen molar-refractivity contribution in [1.29, 1.82) is 0 Å². The molecule has 116 valence electrons. The number of rotatable bonds is 6. The SMILES string of the molecule is NC(=O)CCCCNC(=O)c1ccc(Br)c(C(F)(F)F)c1. The van der Waals surface area contributed by atoms with Gasteiger partial charge in [0.15, 0.2) is 0 Å². The minimum absolute atomic E-state index is 0.0690. The second kappa shape index (κ2) is 7.44. The third kappa shape index (κ3) is 5.74. The van der Waals surface area contributed by atoms with Crippen LogP contribution in [0.15, 0.2) is 22.7 Å². The standard InChI is InChI=1S/C13H14BrF3N2O2/c14-10-5-4-8(7-9(10)13(15,16)17)12(21)19-6-2-1-3-11(18)20/h4-5,7H,1-3,6H2,(H2,18,20)(H,19,21). The molecule has 0 unspecified atom stereocenters. The van der Waals surface area contributed by atoms with Crippen LogP contribution in [0.4, 0.5) is 13.2 Å². The number of nitrogens with one attached hydrogen (secondary N) is 1. The molecule has 4 nitrogen and oxygen atoms in total. The maximum Gasteiger partial charge on any atom is 0.417 e. The summed E-state index contributed by atoms with van der Waals surface area (Å²) >= 11 is 2.81. The predicted molar refractivity (Wildman–Crippen MR) is 74.5 cm³/mol. The molecule has 0 fully saturated rings. The Morgan fingerprint density at radius 2 is 1.90 bits per heavy atom. The van der Waals surface area contributed by atoms with Gasteiger partial charge in [-0.2, -0.15) is 13.2 Å². The van der Waals surface area contributed by atoms with Crippen LogP contribution in [0.1, 0.15) is 35.2 Å². The molecule has 0 aliphatic carbocycles. The topological polar surface area (TPSA) is 72.2 Å². The number of primary amides is 1. The van der Waals surface area contributed by atoms with Gasteiger partial charge in [-0.15, -0.1) is 0 Å². The minimum atomic E-state index is -4.53. The van der Waals surface area contributed by atoms with Crippen LogP contribution >= 0.6 is 15.9 Å². The first kappa shape index (κ1) is 17.5. The van der Waals surface area contributed by atoms with E-state index in [0.717, 1.165) is 6.07 Å². The number of unbranched alkanes of at least 4 members (excludes halogenated alkanes) is 1. The molecule has 0 saturated heterocycles. The third-order valence-corrected chi connectivity index (χ3v) is 3.36. The Balaban J connectivity index is 2.61. The van der Waals surface area contributed by atoms with E-state index in [2.05, 4.69) is 21.2 Å². The molecule has 0 spiro atoms. The summed E-state index contributed by atoms with van der Waals surface area (Å²) in [6, 6.07) is 3.28. The molecule has 1 aromatic rings. The molecule has 0 heterocycles. The van der Waals surface area contributed by atoms with E-state index in [9.17, 15) is 22.8 Å². The van der Waals surface area contributed by atoms with Gasteiger partial charge in [0.2, 0.25) is 5.91 Å². The van der Waals surface area contributed by atoms with Crippen molar-refractivity contribution in [2.24, 2.45) is 5.73 Å². The van der Waals surface area contributed by atoms with Crippen molar-refractivity contribution < 1.29 is 22.8 Å². The summed E-state index contributed by atoms with van der Waals surface area (Å²) < 4.78 is 38.0. The average molecular weight is 367 g/mol. The maximum absolute atomic E-state index is 12.7. The van der Waals surface area contributed by atoms with Crippen molar-refractivity contribution in [3.63, 3.8) is 0 Å². The molecule has 1 rings (SSSR count). The van der Waals surface area contributed by atoms with Gasteiger partial charge in [0.25, 0.3) is 5.91 Å². The fraction of sp³-hybridized carbons (Fsp3) is 0.385. The van der Waals surface area contributed by atoms with Gasteiger partial charge in [-0.3, -0.25) is 9.59 Å². The van der Waals surface area contributed by atoms with Crippen molar-refractivity contribution in [3.05, 3.63) is 33.8 Å². The highest BCUT2D eigenvalue weighted by Gasteiger charge is 2.33. The van der Waals surface area contributed by atoms with E-state index >= 15 is 0 Å². The fourth-order valence-corrected chi connectivity index (χ4v) is 2.08. The smallest absolute Gasteiger partial charge is 0.370 e. The number of benzene rings is 1. The lowest BCUT2D eigenvalue weighted by Gasteiger charge is -2.11. The highest BCUT2D eigenvalue weighted by atomic mass is 79.9. The highest BCUT2D eigenvalue weighted by molar-refractivity contribution is 9.10. The fourth-order valence-electron chi connectivity index (χ4n) is 1.61. The highest BCUT2D eigenvalue weighted by Crippen LogP contribution is 2.35. The lowest BCUT2D eigenvalue weighted by atomic mass is 10.1. The molecule has 1 aromatic carbocycles. The molecular weight excluding hydrogens is 353 g/mol. The van der Waals surface area contributed by atoms with Gasteiger partial charge in [-0.25, -0.2) is 0 Å². The van der Waals surface area contributed by atoms with Crippen molar-refractivity contribution in [2.75, 3.05) is 6.54 Å². The quantitative estimate of drug-likeness (QED) is 0.759. The number of hydrogen-bond donors (Lipinski definition) is 2. The lowest BCUT2D eigenvalue weighted by Crippen LogP contribution is -2.25. The number of alkyl halides is 3. The normalized spacial score (nSPS) is 11.2. The molecule has 21 heavy (non-hydrogen) atoms. The van der Waals surface area contributed by atoms with Crippen LogP contribution in [0.25, 0.3) is 0 Å². The second-order valence-electron chi connectivity index (χ2n) is 4.37. The number of hydrogen-bond acceptors (Lipinski definition) is 2. The molecular formula is C13H14BrF3N2O2. The Kier molecular flexibility index (Phi) is 6.19. The Morgan fingerprint density at radius 3 is 2.48 bits per heavy atom. The van der Waals surface area contributed by atoms with E-state index in [-0.39, 0.29) is 23.0 Å². The van der Waals surface area contributed by atoms with Crippen molar-refractivity contribution in [1.82, 2.24) is 5.32 Å². The molecule has 8 heteroatoms. The molecule has 3 N–H and O–H groups in total. The monoisotopic (exact) mass is 366 g/mol. The van der Waals surface area contributed by atoms with Crippen molar-refractivity contribution in [3.8, 4) is 0 Å². The number of amides is 2. The van der Waals surface area contributed by atoms with Gasteiger partial charge in [-0.1, -0.05) is 15.9 Å². The summed E-state index contributed by atoms with van der Waals surface area (Å²) in [4.78, 5) is 22.3. The van der Waals surface area contributed by atoms with Crippen molar-refractivity contribution >= 4 is 27.7 Å². The first-order valence-electron chi connectivity index (χ1n) is 6.15. The number of nitrogens with two attached hydrogens (primary N) is 1. The molecule has 0 aliphatic heterocycles. The van der Waals surface area contributed by atoms with Crippen LogP contribution in [-0.2, 0) is 11.0 Å². The summed E-state index contributed by atoms with van der Waals surface area (Å²) in [5.74, 6) is -1.02. The number of carbonyl (C=O) groups is 2. The van der Waals surface area contributed by atoms with Gasteiger partial charge in [-0.05, 0) is 31.0 Å². The summed E-state index contributed by atoms with van der Waals surface area (Å²) in [5.41, 5.74) is 3.99. The molecule has 0 bridgehead atoms. The van der Waals surface area contributed by atoms with E-state index < -0.39 is 23.6 Å². The van der Waals surface area contributed by atoms with Gasteiger partial charge in [0.05, 0.1) is 5.56 Å². The largest absolute Gasteiger partial charge is 0.417 e. The van der Waals surface area contributed by atoms with Crippen LogP contribution in [0.2, 0.25) is 0 Å². The molecule has 0 aliphatic rings. The second-order valence-corrected chi connectivity index (χ2v) is 5.23. The molecule has 0 saturated carbocycles. The number of halogens is 4. The Hall–Kier alpha value is -1.57. The van der Waals surface area contributed by atoms with E-state index in [1.54, 1.807) is 0 Å². The van der Waals surface area contributed by atoms with E-state index in [1.165, 1.54) is 12.1 Å². The third-order valence-electron chi connectivity index (χ3n) is 2.67. The predicted octanol–water partition coefficient (Wildman–Crippen LogP) is 2.85. The zero-order chi connectivity index (χ0) is 16.0.